The van der Waals surface area contributed by atoms with Gasteiger partial charge in [-0.1, -0.05) is 12.1 Å². The van der Waals surface area contributed by atoms with Crippen molar-refractivity contribution in [2.75, 3.05) is 47.7 Å². The van der Waals surface area contributed by atoms with Crippen LogP contribution in [0.1, 0.15) is 0 Å². The molecule has 0 atom stereocenters. The van der Waals surface area contributed by atoms with Crippen LogP contribution in [0, 0.1) is 5.82 Å². The minimum Gasteiger partial charge on any atom is -0.455 e. The fourth-order valence-electron chi connectivity index (χ4n) is 2.20. The van der Waals surface area contributed by atoms with Crippen LogP contribution in [0.3, 0.4) is 0 Å². The van der Waals surface area contributed by atoms with E-state index in [0.717, 1.165) is 17.4 Å². The number of hydrogen-bond acceptors (Lipinski definition) is 6. The molecule has 7 nitrogen and oxygen atoms in total. The van der Waals surface area contributed by atoms with E-state index in [1.807, 2.05) is 31.1 Å². The Kier molecular flexibility index (Phi) is 8.47. The van der Waals surface area contributed by atoms with E-state index in [1.54, 1.807) is 18.2 Å². The highest BCUT2D eigenvalue weighted by Gasteiger charge is 2.11. The monoisotopic (exact) mass is 419 g/mol. The van der Waals surface area contributed by atoms with E-state index >= 15 is 0 Å². The van der Waals surface area contributed by atoms with E-state index in [1.165, 1.54) is 18.2 Å². The molecule has 0 spiro atoms. The Hall–Kier alpha value is -3.07. The van der Waals surface area contributed by atoms with Gasteiger partial charge in [-0.2, -0.15) is 0 Å². The molecule has 29 heavy (non-hydrogen) atoms. The number of benzene rings is 2. The highest BCUT2D eigenvalue weighted by molar-refractivity contribution is 8.00. The summed E-state index contributed by atoms with van der Waals surface area (Å²) in [6, 6.07) is 13.0. The number of anilines is 3. The van der Waals surface area contributed by atoms with Gasteiger partial charge in [0, 0.05) is 25.5 Å². The predicted molar refractivity (Wildman–Crippen MR) is 113 cm³/mol. The Labute approximate surface area is 172 Å². The van der Waals surface area contributed by atoms with Crippen LogP contribution < -0.4 is 15.5 Å². The number of thioether (sulfide) groups is 1. The number of carbonyl (C=O) groups excluding carboxylic acids is 3. The largest absolute Gasteiger partial charge is 0.455 e. The van der Waals surface area contributed by atoms with Gasteiger partial charge in [0.25, 0.3) is 5.91 Å². The molecule has 2 rings (SSSR count). The molecule has 0 aliphatic rings. The predicted octanol–water partition coefficient (Wildman–Crippen LogP) is 2.75. The van der Waals surface area contributed by atoms with Crippen LogP contribution in [0.4, 0.5) is 21.5 Å². The summed E-state index contributed by atoms with van der Waals surface area (Å²) < 4.78 is 18.3. The van der Waals surface area contributed by atoms with Crippen molar-refractivity contribution in [1.82, 2.24) is 0 Å². The van der Waals surface area contributed by atoms with Gasteiger partial charge in [0.2, 0.25) is 5.91 Å². The first kappa shape index (κ1) is 22.2. The summed E-state index contributed by atoms with van der Waals surface area (Å²) in [7, 11) is 3.82. The molecule has 2 aromatic carbocycles. The molecule has 0 unspecified atom stereocenters. The van der Waals surface area contributed by atoms with Crippen molar-refractivity contribution in [3.05, 3.63) is 54.3 Å². The highest BCUT2D eigenvalue weighted by Crippen LogP contribution is 2.16. The maximum absolute atomic E-state index is 13.5. The molecule has 0 aliphatic carbocycles. The van der Waals surface area contributed by atoms with E-state index in [0.29, 0.717) is 5.69 Å². The Morgan fingerprint density at radius 3 is 2.31 bits per heavy atom. The SMILES string of the molecule is CN(C)c1ccc(NC(=O)COC(=O)CSCC(=O)Nc2ccccc2F)cc1. The Morgan fingerprint density at radius 1 is 0.966 bits per heavy atom. The molecule has 0 aromatic heterocycles. The van der Waals surface area contributed by atoms with Crippen molar-refractivity contribution in [3.8, 4) is 0 Å². The number of halogens is 1. The number of nitrogens with zero attached hydrogens (tertiary/aromatic N) is 1. The highest BCUT2D eigenvalue weighted by atomic mass is 32.2. The average molecular weight is 419 g/mol. The van der Waals surface area contributed by atoms with Gasteiger partial charge in [0.05, 0.1) is 17.2 Å². The number of carbonyl (C=O) groups is 3. The lowest BCUT2D eigenvalue weighted by atomic mass is 10.2. The molecule has 2 aromatic rings. The van der Waals surface area contributed by atoms with Crippen LogP contribution in [0.15, 0.2) is 48.5 Å². The van der Waals surface area contributed by atoms with Crippen molar-refractivity contribution < 1.29 is 23.5 Å². The number of nitrogens with one attached hydrogen (secondary N) is 2. The molecule has 9 heteroatoms. The van der Waals surface area contributed by atoms with E-state index < -0.39 is 30.2 Å². The fourth-order valence-corrected chi connectivity index (χ4v) is 2.81. The summed E-state index contributed by atoms with van der Waals surface area (Å²) in [4.78, 5) is 37.2. The standard InChI is InChI=1S/C20H22FN3O4S/c1-24(2)15-9-7-14(8-10-15)22-18(25)11-28-20(27)13-29-12-19(26)23-17-6-4-3-5-16(17)21/h3-10H,11-13H2,1-2H3,(H,22,25)(H,23,26). The second-order valence-electron chi connectivity index (χ2n) is 6.17. The number of amides is 2. The minimum atomic E-state index is -0.619. The summed E-state index contributed by atoms with van der Waals surface area (Å²) in [6.07, 6.45) is 0. The average Bonchev–Trinajstić information content (AvgIpc) is 2.68. The third-order valence-corrected chi connectivity index (χ3v) is 4.54. The van der Waals surface area contributed by atoms with Crippen molar-refractivity contribution in [3.63, 3.8) is 0 Å². The molecule has 0 bridgehead atoms. The topological polar surface area (TPSA) is 87.7 Å². The molecule has 0 radical (unpaired) electrons. The maximum atomic E-state index is 13.5. The molecule has 154 valence electrons. The zero-order valence-corrected chi connectivity index (χ0v) is 16.9. The second-order valence-corrected chi connectivity index (χ2v) is 7.16. The van der Waals surface area contributed by atoms with Crippen LogP contribution in [0.25, 0.3) is 0 Å². The molecular formula is C20H22FN3O4S. The van der Waals surface area contributed by atoms with E-state index in [9.17, 15) is 18.8 Å². The lowest BCUT2D eigenvalue weighted by Gasteiger charge is -2.13. The van der Waals surface area contributed by atoms with E-state index in [4.69, 9.17) is 4.74 Å². The Balaban J connectivity index is 1.64. The van der Waals surface area contributed by atoms with Crippen LogP contribution in [0.5, 0.6) is 0 Å². The maximum Gasteiger partial charge on any atom is 0.316 e. The minimum absolute atomic E-state index is 0.0478. The van der Waals surface area contributed by atoms with Crippen LogP contribution >= 0.6 is 11.8 Å². The molecule has 0 fully saturated rings. The van der Waals surface area contributed by atoms with Gasteiger partial charge in [-0.05, 0) is 36.4 Å². The third kappa shape index (κ3) is 7.82. The first-order valence-corrected chi connectivity index (χ1v) is 9.85. The Morgan fingerprint density at radius 2 is 1.66 bits per heavy atom. The number of esters is 1. The molecule has 0 saturated heterocycles. The zero-order valence-electron chi connectivity index (χ0n) is 16.1. The quantitative estimate of drug-likeness (QED) is 0.608. The van der Waals surface area contributed by atoms with Crippen LogP contribution in [-0.4, -0.2) is 50.0 Å². The van der Waals surface area contributed by atoms with Gasteiger partial charge in [0.1, 0.15) is 5.82 Å². The van der Waals surface area contributed by atoms with Crippen molar-refractivity contribution in [2.45, 2.75) is 0 Å². The third-order valence-electron chi connectivity index (χ3n) is 3.63. The molecular weight excluding hydrogens is 397 g/mol. The van der Waals surface area contributed by atoms with Crippen LogP contribution in [-0.2, 0) is 19.1 Å². The lowest BCUT2D eigenvalue weighted by molar-refractivity contribution is -0.144. The van der Waals surface area contributed by atoms with Gasteiger partial charge in [-0.3, -0.25) is 14.4 Å². The summed E-state index contributed by atoms with van der Waals surface area (Å²) in [5, 5.41) is 5.05. The lowest BCUT2D eigenvalue weighted by Crippen LogP contribution is -2.22. The number of hydrogen-bond donors (Lipinski definition) is 2. The zero-order chi connectivity index (χ0) is 21.2. The first-order valence-electron chi connectivity index (χ1n) is 8.70. The summed E-state index contributed by atoms with van der Waals surface area (Å²) in [5.74, 6) is -2.20. The number of para-hydroxylation sites is 1. The van der Waals surface area contributed by atoms with Crippen molar-refractivity contribution >= 4 is 46.6 Å². The number of rotatable bonds is 9. The van der Waals surface area contributed by atoms with Gasteiger partial charge in [-0.25, -0.2) is 4.39 Å². The normalized spacial score (nSPS) is 10.2. The summed E-state index contributed by atoms with van der Waals surface area (Å²) in [5.41, 5.74) is 1.66. The van der Waals surface area contributed by atoms with Crippen LogP contribution in [0.2, 0.25) is 0 Å². The van der Waals surface area contributed by atoms with Crippen molar-refractivity contribution in [1.29, 1.82) is 0 Å². The molecule has 2 amide bonds. The second kappa shape index (κ2) is 11.1. The smallest absolute Gasteiger partial charge is 0.316 e. The van der Waals surface area contributed by atoms with Gasteiger partial charge < -0.3 is 20.3 Å². The fraction of sp³-hybridized carbons (Fsp3) is 0.250. The molecule has 0 saturated carbocycles. The van der Waals surface area contributed by atoms with Gasteiger partial charge in [0.15, 0.2) is 6.61 Å². The molecule has 0 heterocycles. The summed E-state index contributed by atoms with van der Waals surface area (Å²) in [6.45, 7) is -0.420. The summed E-state index contributed by atoms with van der Waals surface area (Å²) >= 11 is 1.01. The van der Waals surface area contributed by atoms with E-state index in [2.05, 4.69) is 10.6 Å². The Bertz CT molecular complexity index is 859. The van der Waals surface area contributed by atoms with Gasteiger partial charge in [-0.15, -0.1) is 11.8 Å². The first-order chi connectivity index (χ1) is 13.8. The van der Waals surface area contributed by atoms with Gasteiger partial charge >= 0.3 is 5.97 Å². The van der Waals surface area contributed by atoms with Crippen molar-refractivity contribution in [2.24, 2.45) is 0 Å². The number of ether oxygens (including phenoxy) is 1. The van der Waals surface area contributed by atoms with E-state index in [-0.39, 0.29) is 17.2 Å². The molecule has 2 N–H and O–H groups in total. The molecule has 0 aliphatic heterocycles.